The fourth-order valence-corrected chi connectivity index (χ4v) is 1.97. The van der Waals surface area contributed by atoms with Crippen LogP contribution in [0.3, 0.4) is 0 Å². The lowest BCUT2D eigenvalue weighted by molar-refractivity contribution is 0.0977. The maximum atomic E-state index is 13.1. The van der Waals surface area contributed by atoms with Crippen molar-refractivity contribution in [2.45, 2.75) is 18.9 Å². The minimum Gasteiger partial charge on any atom is -0.324 e. The molecular weight excluding hydrogens is 260 g/mol. The van der Waals surface area contributed by atoms with Crippen molar-refractivity contribution >= 4 is 5.78 Å². The van der Waals surface area contributed by atoms with Gasteiger partial charge >= 0.3 is 0 Å². The topological polar surface area (TPSA) is 43.1 Å². The number of benzene rings is 2. The van der Waals surface area contributed by atoms with Crippen molar-refractivity contribution < 1.29 is 13.6 Å². The van der Waals surface area contributed by atoms with Gasteiger partial charge in [0.05, 0.1) is 0 Å². The van der Waals surface area contributed by atoms with Gasteiger partial charge in [0.1, 0.15) is 0 Å². The second kappa shape index (κ2) is 6.39. The smallest absolute Gasteiger partial charge is 0.163 e. The molecule has 2 N–H and O–H groups in total. The number of rotatable bonds is 5. The summed E-state index contributed by atoms with van der Waals surface area (Å²) in [5.41, 5.74) is 7.11. The predicted molar refractivity (Wildman–Crippen MR) is 73.3 cm³/mol. The molecule has 0 heterocycles. The number of hydrogen-bond donors (Lipinski definition) is 1. The molecule has 0 saturated carbocycles. The first-order valence-electron chi connectivity index (χ1n) is 6.36. The van der Waals surface area contributed by atoms with Gasteiger partial charge in [-0.2, -0.15) is 0 Å². The molecule has 2 rings (SSSR count). The van der Waals surface area contributed by atoms with E-state index >= 15 is 0 Å². The van der Waals surface area contributed by atoms with Crippen molar-refractivity contribution in [2.75, 3.05) is 0 Å². The van der Waals surface area contributed by atoms with Gasteiger partial charge < -0.3 is 5.73 Å². The number of halogens is 2. The summed E-state index contributed by atoms with van der Waals surface area (Å²) in [7, 11) is 0. The standard InChI is InChI=1S/C16H15F2NO/c17-13-7-6-12(10-14(13)18)16(20)9-8-15(19)11-4-2-1-3-5-11/h1-7,10,15H,8-9,19H2. The summed E-state index contributed by atoms with van der Waals surface area (Å²) in [5, 5.41) is 0. The minimum absolute atomic E-state index is 0.171. The molecule has 0 spiro atoms. The van der Waals surface area contributed by atoms with Crippen molar-refractivity contribution in [3.8, 4) is 0 Å². The normalized spacial score (nSPS) is 12.2. The van der Waals surface area contributed by atoms with Crippen LogP contribution < -0.4 is 5.73 Å². The highest BCUT2D eigenvalue weighted by atomic mass is 19.2. The molecule has 2 aromatic rings. The summed E-state index contributed by atoms with van der Waals surface area (Å²) < 4.78 is 25.8. The van der Waals surface area contributed by atoms with Crippen molar-refractivity contribution in [3.63, 3.8) is 0 Å². The molecule has 104 valence electrons. The lowest BCUT2D eigenvalue weighted by Gasteiger charge is -2.11. The van der Waals surface area contributed by atoms with E-state index in [-0.39, 0.29) is 23.8 Å². The average molecular weight is 275 g/mol. The maximum Gasteiger partial charge on any atom is 0.163 e. The first kappa shape index (κ1) is 14.3. The van der Waals surface area contributed by atoms with E-state index < -0.39 is 11.6 Å². The van der Waals surface area contributed by atoms with E-state index in [4.69, 9.17) is 5.73 Å². The third kappa shape index (κ3) is 3.48. The molecule has 0 aliphatic carbocycles. The maximum absolute atomic E-state index is 13.1. The largest absolute Gasteiger partial charge is 0.324 e. The van der Waals surface area contributed by atoms with E-state index in [0.29, 0.717) is 6.42 Å². The summed E-state index contributed by atoms with van der Waals surface area (Å²) in [6.45, 7) is 0. The number of carbonyl (C=O) groups excluding carboxylic acids is 1. The van der Waals surface area contributed by atoms with Crippen LogP contribution in [-0.4, -0.2) is 5.78 Å². The molecule has 1 atom stereocenters. The first-order chi connectivity index (χ1) is 9.58. The van der Waals surface area contributed by atoms with Crippen molar-refractivity contribution in [2.24, 2.45) is 5.73 Å². The number of carbonyl (C=O) groups is 1. The third-order valence-corrected chi connectivity index (χ3v) is 3.15. The summed E-state index contributed by atoms with van der Waals surface area (Å²) in [5.74, 6) is -2.21. The SMILES string of the molecule is NC(CCC(=O)c1ccc(F)c(F)c1)c1ccccc1. The quantitative estimate of drug-likeness (QED) is 0.847. The van der Waals surface area contributed by atoms with Crippen molar-refractivity contribution in [1.82, 2.24) is 0 Å². The Kier molecular flexibility index (Phi) is 4.58. The van der Waals surface area contributed by atoms with E-state index in [9.17, 15) is 13.6 Å². The minimum atomic E-state index is -1.01. The summed E-state index contributed by atoms with van der Waals surface area (Å²) in [6, 6.07) is 12.4. The number of hydrogen-bond acceptors (Lipinski definition) is 2. The highest BCUT2D eigenvalue weighted by Gasteiger charge is 2.12. The summed E-state index contributed by atoms with van der Waals surface area (Å²) >= 11 is 0. The molecule has 0 bridgehead atoms. The van der Waals surface area contributed by atoms with E-state index in [1.54, 1.807) is 0 Å². The second-order valence-electron chi connectivity index (χ2n) is 4.61. The Labute approximate surface area is 116 Å². The third-order valence-electron chi connectivity index (χ3n) is 3.15. The molecule has 0 fully saturated rings. The highest BCUT2D eigenvalue weighted by molar-refractivity contribution is 5.96. The van der Waals surface area contributed by atoms with Gasteiger partial charge in [-0.25, -0.2) is 8.78 Å². The molecule has 0 saturated heterocycles. The highest BCUT2D eigenvalue weighted by Crippen LogP contribution is 2.18. The zero-order valence-corrected chi connectivity index (χ0v) is 10.9. The molecule has 0 aliphatic rings. The molecule has 0 amide bonds. The van der Waals surface area contributed by atoms with Crippen LogP contribution in [0.5, 0.6) is 0 Å². The summed E-state index contributed by atoms with van der Waals surface area (Å²) in [6.07, 6.45) is 0.656. The molecule has 2 aromatic carbocycles. The number of nitrogens with two attached hydrogens (primary N) is 1. The molecule has 0 radical (unpaired) electrons. The van der Waals surface area contributed by atoms with Crippen molar-refractivity contribution in [3.05, 3.63) is 71.3 Å². The van der Waals surface area contributed by atoms with Crippen LogP contribution >= 0.6 is 0 Å². The van der Waals surface area contributed by atoms with Gasteiger partial charge in [-0.3, -0.25) is 4.79 Å². The Balaban J connectivity index is 1.97. The van der Waals surface area contributed by atoms with Gasteiger partial charge in [0.25, 0.3) is 0 Å². The Hall–Kier alpha value is -2.07. The van der Waals surface area contributed by atoms with Crippen molar-refractivity contribution in [1.29, 1.82) is 0 Å². The van der Waals surface area contributed by atoms with Gasteiger partial charge in [0.15, 0.2) is 17.4 Å². The van der Waals surface area contributed by atoms with Crippen LogP contribution in [0.25, 0.3) is 0 Å². The van der Waals surface area contributed by atoms with E-state index in [1.165, 1.54) is 6.07 Å². The van der Waals surface area contributed by atoms with E-state index in [1.807, 2.05) is 30.3 Å². The first-order valence-corrected chi connectivity index (χ1v) is 6.36. The van der Waals surface area contributed by atoms with Crippen LogP contribution in [-0.2, 0) is 0 Å². The van der Waals surface area contributed by atoms with Crippen LogP contribution in [0.1, 0.15) is 34.8 Å². The van der Waals surface area contributed by atoms with Crippen LogP contribution in [0.4, 0.5) is 8.78 Å². The monoisotopic (exact) mass is 275 g/mol. The Bertz CT molecular complexity index is 599. The number of Topliss-reactive ketones (excluding diaryl/α,β-unsaturated/α-hetero) is 1. The molecule has 4 heteroatoms. The molecular formula is C16H15F2NO. The molecule has 1 unspecified atom stereocenters. The zero-order valence-electron chi connectivity index (χ0n) is 10.9. The molecule has 0 aromatic heterocycles. The Morgan fingerprint density at radius 3 is 2.40 bits per heavy atom. The summed E-state index contributed by atoms with van der Waals surface area (Å²) in [4.78, 5) is 11.9. The van der Waals surface area contributed by atoms with Gasteiger partial charge in [0.2, 0.25) is 0 Å². The second-order valence-corrected chi connectivity index (χ2v) is 4.61. The molecule has 2 nitrogen and oxygen atoms in total. The molecule has 20 heavy (non-hydrogen) atoms. The van der Waals surface area contributed by atoms with Gasteiger partial charge in [-0.05, 0) is 30.2 Å². The van der Waals surface area contributed by atoms with E-state index in [2.05, 4.69) is 0 Å². The van der Waals surface area contributed by atoms with Gasteiger partial charge in [-0.1, -0.05) is 30.3 Å². The number of ketones is 1. The molecule has 0 aliphatic heterocycles. The van der Waals surface area contributed by atoms with Gasteiger partial charge in [-0.15, -0.1) is 0 Å². The van der Waals surface area contributed by atoms with E-state index in [0.717, 1.165) is 17.7 Å². The average Bonchev–Trinajstić information content (AvgIpc) is 2.48. The van der Waals surface area contributed by atoms with Gasteiger partial charge in [0, 0.05) is 18.0 Å². The Morgan fingerprint density at radius 2 is 1.75 bits per heavy atom. The lowest BCUT2D eigenvalue weighted by Crippen LogP contribution is -2.12. The Morgan fingerprint density at radius 1 is 1.05 bits per heavy atom. The predicted octanol–water partition coefficient (Wildman–Crippen LogP) is 3.63. The van der Waals surface area contributed by atoms with Crippen LogP contribution in [0, 0.1) is 11.6 Å². The zero-order chi connectivity index (χ0) is 14.5. The fourth-order valence-electron chi connectivity index (χ4n) is 1.97. The van der Waals surface area contributed by atoms with Crippen LogP contribution in [0.15, 0.2) is 48.5 Å². The fraction of sp³-hybridized carbons (Fsp3) is 0.188. The van der Waals surface area contributed by atoms with Crippen LogP contribution in [0.2, 0.25) is 0 Å². The lowest BCUT2D eigenvalue weighted by atomic mass is 9.99.